The van der Waals surface area contributed by atoms with Gasteiger partial charge in [0.1, 0.15) is 0 Å². The monoisotopic (exact) mass is 497 g/mol. The molecule has 0 spiro atoms. The van der Waals surface area contributed by atoms with Crippen LogP contribution in [0.4, 0.5) is 0 Å². The lowest BCUT2D eigenvalue weighted by Gasteiger charge is -2.24. The van der Waals surface area contributed by atoms with Gasteiger partial charge >= 0.3 is 0 Å². The van der Waals surface area contributed by atoms with Crippen LogP contribution in [-0.2, 0) is 21.2 Å². The van der Waals surface area contributed by atoms with Crippen molar-refractivity contribution in [2.24, 2.45) is 5.10 Å². The molecule has 0 aliphatic rings. The van der Waals surface area contributed by atoms with E-state index in [0.29, 0.717) is 28.1 Å². The van der Waals surface area contributed by atoms with Crippen molar-refractivity contribution in [3.8, 4) is 0 Å². The van der Waals surface area contributed by atoms with Crippen LogP contribution in [-0.4, -0.2) is 37.9 Å². The molecule has 0 aliphatic carbocycles. The van der Waals surface area contributed by atoms with Crippen LogP contribution in [0.3, 0.4) is 0 Å². The Hall–Kier alpha value is -3.00. The molecular weight excluding hydrogens is 470 g/mol. The maximum Gasteiger partial charge on any atom is 0.255 e. The quantitative estimate of drug-likeness (QED) is 0.345. The fraction of sp³-hybridized carbons (Fsp3) is 0.231. The number of carbonyl (C=O) groups is 1. The molecule has 34 heavy (non-hydrogen) atoms. The lowest BCUT2D eigenvalue weighted by atomic mass is 10.1. The Labute approximate surface area is 206 Å². The predicted molar refractivity (Wildman–Crippen MR) is 137 cm³/mol. The summed E-state index contributed by atoms with van der Waals surface area (Å²) in [5, 5.41) is 4.50. The molecule has 1 amide bonds. The van der Waals surface area contributed by atoms with E-state index in [0.717, 1.165) is 11.1 Å². The number of hydrogen-bond acceptors (Lipinski definition) is 4. The van der Waals surface area contributed by atoms with Crippen molar-refractivity contribution >= 4 is 33.7 Å². The zero-order valence-corrected chi connectivity index (χ0v) is 21.0. The summed E-state index contributed by atoms with van der Waals surface area (Å²) in [6.07, 6.45) is 1.93. The molecule has 0 unspecified atom stereocenters. The highest BCUT2D eigenvalue weighted by atomic mass is 35.5. The van der Waals surface area contributed by atoms with Crippen LogP contribution in [0.2, 0.25) is 5.02 Å². The summed E-state index contributed by atoms with van der Waals surface area (Å²) in [6, 6.07) is 20.3. The lowest BCUT2D eigenvalue weighted by molar-refractivity contribution is -0.121. The van der Waals surface area contributed by atoms with Gasteiger partial charge in [-0.15, -0.1) is 0 Å². The van der Waals surface area contributed by atoms with E-state index in [9.17, 15) is 13.2 Å². The average Bonchev–Trinajstić information content (AvgIpc) is 2.76. The molecule has 8 heteroatoms. The van der Waals surface area contributed by atoms with Crippen LogP contribution in [0, 0.1) is 20.8 Å². The van der Waals surface area contributed by atoms with E-state index >= 15 is 0 Å². The number of carbonyl (C=O) groups excluding carboxylic acids is 1. The molecule has 1 N–H and O–H groups in total. The van der Waals surface area contributed by atoms with Crippen molar-refractivity contribution in [2.75, 3.05) is 13.1 Å². The molecule has 3 aromatic rings. The van der Waals surface area contributed by atoms with Gasteiger partial charge in [0.05, 0.1) is 17.7 Å². The number of sulfonamides is 1. The summed E-state index contributed by atoms with van der Waals surface area (Å²) in [4.78, 5) is 12.9. The third-order valence-corrected chi connectivity index (χ3v) is 7.65. The van der Waals surface area contributed by atoms with E-state index in [1.165, 1.54) is 10.5 Å². The number of nitrogens with one attached hydrogen (secondary N) is 1. The van der Waals surface area contributed by atoms with Gasteiger partial charge in [0.15, 0.2) is 0 Å². The van der Waals surface area contributed by atoms with Crippen LogP contribution >= 0.6 is 11.6 Å². The minimum Gasteiger partial charge on any atom is -0.272 e. The fourth-order valence-corrected chi connectivity index (χ4v) is 5.85. The molecule has 0 aliphatic heterocycles. The number of hydrogen-bond donors (Lipinski definition) is 1. The van der Waals surface area contributed by atoms with E-state index in [1.54, 1.807) is 38.1 Å². The van der Waals surface area contributed by atoms with E-state index in [1.807, 2.05) is 49.4 Å². The van der Waals surface area contributed by atoms with Gasteiger partial charge in [-0.3, -0.25) is 4.79 Å². The van der Waals surface area contributed by atoms with Gasteiger partial charge in [-0.25, -0.2) is 13.8 Å². The summed E-state index contributed by atoms with van der Waals surface area (Å²) in [7, 11) is -3.92. The number of amides is 1. The first-order valence-electron chi connectivity index (χ1n) is 10.9. The molecule has 0 saturated carbocycles. The third kappa shape index (κ3) is 6.76. The average molecular weight is 498 g/mol. The molecule has 3 aromatic carbocycles. The SMILES string of the molecule is Cc1cc(C)c(S(=O)(=O)N(CCc2ccccc2)CC(=O)NN=Cc2cccc(Cl)c2)c(C)c1. The Morgan fingerprint density at radius 2 is 1.68 bits per heavy atom. The first kappa shape index (κ1) is 25.6. The van der Waals surface area contributed by atoms with Gasteiger partial charge in [-0.2, -0.15) is 9.41 Å². The molecule has 0 fully saturated rings. The number of halogens is 1. The normalized spacial score (nSPS) is 11.8. The number of aryl methyl sites for hydroxylation is 3. The fourth-order valence-electron chi connectivity index (χ4n) is 3.85. The molecule has 0 heterocycles. The van der Waals surface area contributed by atoms with Crippen molar-refractivity contribution in [1.82, 2.24) is 9.73 Å². The van der Waals surface area contributed by atoms with Crippen LogP contribution < -0.4 is 5.43 Å². The number of nitrogens with zero attached hydrogens (tertiary/aromatic N) is 2. The smallest absolute Gasteiger partial charge is 0.255 e. The number of hydrazone groups is 1. The Kier molecular flexibility index (Phi) is 8.61. The molecule has 178 valence electrons. The Bertz CT molecular complexity index is 1270. The second-order valence-electron chi connectivity index (χ2n) is 8.15. The molecule has 0 radical (unpaired) electrons. The standard InChI is InChI=1S/C26H28ClN3O3S/c1-19-14-20(2)26(21(3)15-19)34(32,33)30(13-12-22-8-5-4-6-9-22)18-25(31)29-28-17-23-10-7-11-24(27)16-23/h4-11,14-17H,12-13,18H2,1-3H3,(H,29,31). The van der Waals surface area contributed by atoms with E-state index < -0.39 is 15.9 Å². The Balaban J connectivity index is 1.82. The van der Waals surface area contributed by atoms with Crippen molar-refractivity contribution in [3.63, 3.8) is 0 Å². The highest BCUT2D eigenvalue weighted by molar-refractivity contribution is 7.89. The van der Waals surface area contributed by atoms with Crippen LogP contribution in [0.1, 0.15) is 27.8 Å². The largest absolute Gasteiger partial charge is 0.272 e. The second-order valence-corrected chi connectivity index (χ2v) is 10.5. The van der Waals surface area contributed by atoms with Crippen molar-refractivity contribution < 1.29 is 13.2 Å². The summed E-state index contributed by atoms with van der Waals surface area (Å²) in [5.74, 6) is -0.530. The maximum atomic E-state index is 13.7. The number of benzene rings is 3. The lowest BCUT2D eigenvalue weighted by Crippen LogP contribution is -2.41. The molecule has 0 aromatic heterocycles. The summed E-state index contributed by atoms with van der Waals surface area (Å²) in [6.45, 7) is 5.28. The highest BCUT2D eigenvalue weighted by Crippen LogP contribution is 2.25. The van der Waals surface area contributed by atoms with Crippen LogP contribution in [0.25, 0.3) is 0 Å². The summed E-state index contributed by atoms with van der Waals surface area (Å²) < 4.78 is 28.6. The van der Waals surface area contributed by atoms with Crippen molar-refractivity contribution in [1.29, 1.82) is 0 Å². The van der Waals surface area contributed by atoms with Crippen LogP contribution in [0.5, 0.6) is 0 Å². The van der Waals surface area contributed by atoms with E-state index in [-0.39, 0.29) is 18.0 Å². The Morgan fingerprint density at radius 3 is 2.32 bits per heavy atom. The highest BCUT2D eigenvalue weighted by Gasteiger charge is 2.29. The van der Waals surface area contributed by atoms with E-state index in [2.05, 4.69) is 10.5 Å². The molecule has 0 saturated heterocycles. The van der Waals surface area contributed by atoms with E-state index in [4.69, 9.17) is 11.6 Å². The number of rotatable bonds is 9. The van der Waals surface area contributed by atoms with Crippen molar-refractivity contribution in [2.45, 2.75) is 32.1 Å². The zero-order valence-electron chi connectivity index (χ0n) is 19.5. The summed E-state index contributed by atoms with van der Waals surface area (Å²) in [5.41, 5.74) is 6.42. The van der Waals surface area contributed by atoms with Crippen molar-refractivity contribution in [3.05, 3.63) is 99.6 Å². The molecular formula is C26H28ClN3O3S. The first-order valence-corrected chi connectivity index (χ1v) is 12.7. The van der Waals surface area contributed by atoms with Crippen LogP contribution in [0.15, 0.2) is 76.7 Å². The summed E-state index contributed by atoms with van der Waals surface area (Å²) >= 11 is 5.96. The van der Waals surface area contributed by atoms with Gasteiger partial charge in [-0.05, 0) is 61.6 Å². The molecule has 3 rings (SSSR count). The van der Waals surface area contributed by atoms with Gasteiger partial charge in [0, 0.05) is 11.6 Å². The minimum absolute atomic E-state index is 0.157. The maximum absolute atomic E-state index is 13.7. The predicted octanol–water partition coefficient (Wildman–Crippen LogP) is 4.65. The molecule has 0 bridgehead atoms. The molecule has 6 nitrogen and oxygen atoms in total. The Morgan fingerprint density at radius 1 is 1.00 bits per heavy atom. The van der Waals surface area contributed by atoms with Gasteiger partial charge < -0.3 is 0 Å². The molecule has 0 atom stereocenters. The van der Waals surface area contributed by atoms with Gasteiger partial charge in [0.25, 0.3) is 5.91 Å². The minimum atomic E-state index is -3.92. The topological polar surface area (TPSA) is 78.8 Å². The first-order chi connectivity index (χ1) is 16.2. The van der Waals surface area contributed by atoms with Gasteiger partial charge in [-0.1, -0.05) is 71.8 Å². The van der Waals surface area contributed by atoms with Gasteiger partial charge in [0.2, 0.25) is 10.0 Å². The zero-order chi connectivity index (χ0) is 24.7. The third-order valence-electron chi connectivity index (χ3n) is 5.27. The second kappa shape index (κ2) is 11.4.